The highest BCUT2D eigenvalue weighted by molar-refractivity contribution is 5.74. The van der Waals surface area contributed by atoms with Crippen molar-refractivity contribution in [1.29, 1.82) is 0 Å². The molecule has 90 valence electrons. The Morgan fingerprint density at radius 2 is 2.18 bits per heavy atom. The van der Waals surface area contributed by atoms with Gasteiger partial charge in [-0.05, 0) is 31.6 Å². The maximum atomic E-state index is 11.9. The molecule has 0 fully saturated rings. The van der Waals surface area contributed by atoms with Crippen LogP contribution >= 0.6 is 0 Å². The van der Waals surface area contributed by atoms with Crippen LogP contribution in [-0.2, 0) is 6.54 Å². The van der Waals surface area contributed by atoms with E-state index >= 15 is 0 Å². The van der Waals surface area contributed by atoms with Gasteiger partial charge in [0.2, 0.25) is 0 Å². The first-order valence-corrected chi connectivity index (χ1v) is 5.81. The minimum atomic E-state index is -0.0355. The highest BCUT2D eigenvalue weighted by Crippen LogP contribution is 2.09. The van der Waals surface area contributed by atoms with E-state index in [1.165, 1.54) is 6.20 Å². The Balaban J connectivity index is 2.44. The summed E-state index contributed by atoms with van der Waals surface area (Å²) in [5, 5.41) is 3.12. The van der Waals surface area contributed by atoms with Crippen molar-refractivity contribution in [3.05, 3.63) is 40.8 Å². The lowest BCUT2D eigenvalue weighted by atomic mass is 10.1. The van der Waals surface area contributed by atoms with E-state index in [0.717, 1.165) is 17.6 Å². The number of para-hydroxylation sites is 2. The molecular weight excluding hydrogens is 214 g/mol. The molecule has 4 nitrogen and oxygen atoms in total. The van der Waals surface area contributed by atoms with Gasteiger partial charge >= 0.3 is 0 Å². The maximum absolute atomic E-state index is 11.9. The van der Waals surface area contributed by atoms with Crippen molar-refractivity contribution in [2.75, 3.05) is 13.6 Å². The van der Waals surface area contributed by atoms with Crippen molar-refractivity contribution in [1.82, 2.24) is 14.9 Å². The van der Waals surface area contributed by atoms with Crippen molar-refractivity contribution in [2.24, 2.45) is 5.92 Å². The van der Waals surface area contributed by atoms with Gasteiger partial charge in [0.25, 0.3) is 5.56 Å². The first kappa shape index (κ1) is 11.8. The van der Waals surface area contributed by atoms with Crippen LogP contribution in [0.15, 0.2) is 35.3 Å². The second-order valence-corrected chi connectivity index (χ2v) is 4.36. The van der Waals surface area contributed by atoms with Gasteiger partial charge in [0.15, 0.2) is 0 Å². The molecule has 1 N–H and O–H groups in total. The maximum Gasteiger partial charge on any atom is 0.269 e. The van der Waals surface area contributed by atoms with E-state index in [9.17, 15) is 4.79 Å². The molecule has 0 radical (unpaired) electrons. The Hall–Kier alpha value is -1.68. The third kappa shape index (κ3) is 2.53. The summed E-state index contributed by atoms with van der Waals surface area (Å²) in [5.41, 5.74) is 1.73. The lowest BCUT2D eigenvalue weighted by Gasteiger charge is -2.14. The lowest BCUT2D eigenvalue weighted by Crippen LogP contribution is -2.27. The van der Waals surface area contributed by atoms with E-state index in [4.69, 9.17) is 0 Å². The minimum absolute atomic E-state index is 0.0355. The predicted molar refractivity (Wildman–Crippen MR) is 69.1 cm³/mol. The van der Waals surface area contributed by atoms with Crippen LogP contribution in [0.25, 0.3) is 11.0 Å². The second-order valence-electron chi connectivity index (χ2n) is 4.36. The van der Waals surface area contributed by atoms with E-state index in [2.05, 4.69) is 17.2 Å². The van der Waals surface area contributed by atoms with Crippen LogP contribution in [0.2, 0.25) is 0 Å². The van der Waals surface area contributed by atoms with Crippen molar-refractivity contribution < 1.29 is 0 Å². The number of aromatic nitrogens is 2. The van der Waals surface area contributed by atoms with Gasteiger partial charge in [-0.3, -0.25) is 4.79 Å². The monoisotopic (exact) mass is 231 g/mol. The van der Waals surface area contributed by atoms with Gasteiger partial charge in [-0.1, -0.05) is 19.1 Å². The molecule has 0 saturated heterocycles. The number of nitrogens with zero attached hydrogens (tertiary/aromatic N) is 2. The molecule has 1 unspecified atom stereocenters. The summed E-state index contributed by atoms with van der Waals surface area (Å²) in [4.78, 5) is 16.0. The molecule has 1 heterocycles. The summed E-state index contributed by atoms with van der Waals surface area (Å²) in [6.07, 6.45) is 1.40. The molecule has 2 rings (SSSR count). The number of rotatable bonds is 4. The van der Waals surface area contributed by atoms with Crippen LogP contribution < -0.4 is 10.9 Å². The van der Waals surface area contributed by atoms with Crippen molar-refractivity contribution >= 4 is 11.0 Å². The fraction of sp³-hybridized carbons (Fsp3) is 0.385. The van der Waals surface area contributed by atoms with Gasteiger partial charge in [-0.25, -0.2) is 4.98 Å². The zero-order valence-electron chi connectivity index (χ0n) is 10.2. The summed E-state index contributed by atoms with van der Waals surface area (Å²) >= 11 is 0. The van der Waals surface area contributed by atoms with Crippen LogP contribution in [-0.4, -0.2) is 23.1 Å². The Bertz CT molecular complexity index is 562. The molecule has 4 heteroatoms. The predicted octanol–water partition coefficient (Wildman–Crippen LogP) is 1.25. The molecule has 0 aliphatic rings. The van der Waals surface area contributed by atoms with E-state index in [1.807, 2.05) is 31.3 Å². The smallest absolute Gasteiger partial charge is 0.269 e. The topological polar surface area (TPSA) is 46.9 Å². The fourth-order valence-electron chi connectivity index (χ4n) is 2.03. The molecule has 17 heavy (non-hydrogen) atoms. The van der Waals surface area contributed by atoms with E-state index < -0.39 is 0 Å². The standard InChI is InChI=1S/C13H17N3O/c1-10(7-14-2)9-16-12-6-4-3-5-11(12)15-8-13(16)17/h3-6,8,10,14H,7,9H2,1-2H3. The number of nitrogens with one attached hydrogen (secondary N) is 1. The summed E-state index contributed by atoms with van der Waals surface area (Å²) in [5.74, 6) is 0.406. The van der Waals surface area contributed by atoms with Crippen LogP contribution in [0.5, 0.6) is 0 Å². The average molecular weight is 231 g/mol. The van der Waals surface area contributed by atoms with E-state index in [1.54, 1.807) is 4.57 Å². The van der Waals surface area contributed by atoms with Gasteiger partial charge < -0.3 is 9.88 Å². The van der Waals surface area contributed by atoms with E-state index in [0.29, 0.717) is 12.5 Å². The summed E-state index contributed by atoms with van der Waals surface area (Å²) < 4.78 is 1.80. The Kier molecular flexibility index (Phi) is 3.54. The SMILES string of the molecule is CNCC(C)Cn1c(=O)cnc2ccccc21. The molecule has 0 spiro atoms. The normalized spacial score (nSPS) is 12.8. The molecule has 0 aliphatic heterocycles. The Morgan fingerprint density at radius 3 is 2.94 bits per heavy atom. The van der Waals surface area contributed by atoms with Crippen molar-refractivity contribution in [2.45, 2.75) is 13.5 Å². The van der Waals surface area contributed by atoms with Crippen LogP contribution in [0.3, 0.4) is 0 Å². The molecule has 1 aromatic carbocycles. The average Bonchev–Trinajstić information content (AvgIpc) is 2.33. The summed E-state index contributed by atoms with van der Waals surface area (Å²) in [6, 6.07) is 7.73. The lowest BCUT2D eigenvalue weighted by molar-refractivity contribution is 0.462. The fourth-order valence-corrected chi connectivity index (χ4v) is 2.03. The number of hydrogen-bond acceptors (Lipinski definition) is 3. The third-order valence-electron chi connectivity index (χ3n) is 2.80. The van der Waals surface area contributed by atoms with Gasteiger partial charge in [-0.2, -0.15) is 0 Å². The van der Waals surface area contributed by atoms with Gasteiger partial charge in [-0.15, -0.1) is 0 Å². The number of hydrogen-bond donors (Lipinski definition) is 1. The number of fused-ring (bicyclic) bond motifs is 1. The van der Waals surface area contributed by atoms with Crippen LogP contribution in [0.1, 0.15) is 6.92 Å². The van der Waals surface area contributed by atoms with Crippen LogP contribution in [0, 0.1) is 5.92 Å². The van der Waals surface area contributed by atoms with Gasteiger partial charge in [0.1, 0.15) is 0 Å². The minimum Gasteiger partial charge on any atom is -0.319 e. The third-order valence-corrected chi connectivity index (χ3v) is 2.80. The molecule has 1 atom stereocenters. The van der Waals surface area contributed by atoms with E-state index in [-0.39, 0.29) is 5.56 Å². The molecule has 0 amide bonds. The molecular formula is C13H17N3O. The Morgan fingerprint density at radius 1 is 1.41 bits per heavy atom. The van der Waals surface area contributed by atoms with Crippen LogP contribution in [0.4, 0.5) is 0 Å². The molecule has 0 saturated carbocycles. The molecule has 0 aliphatic carbocycles. The van der Waals surface area contributed by atoms with Gasteiger partial charge in [0.05, 0.1) is 17.2 Å². The Labute approximate surface area is 100 Å². The van der Waals surface area contributed by atoms with Crippen molar-refractivity contribution in [3.8, 4) is 0 Å². The summed E-state index contributed by atoms with van der Waals surface area (Å²) in [7, 11) is 1.92. The first-order valence-electron chi connectivity index (χ1n) is 5.81. The van der Waals surface area contributed by atoms with Gasteiger partial charge in [0, 0.05) is 6.54 Å². The molecule has 0 bridgehead atoms. The zero-order valence-corrected chi connectivity index (χ0v) is 10.2. The second kappa shape index (κ2) is 5.10. The van der Waals surface area contributed by atoms with Crippen molar-refractivity contribution in [3.63, 3.8) is 0 Å². The molecule has 2 aromatic rings. The highest BCUT2D eigenvalue weighted by Gasteiger charge is 2.07. The first-order chi connectivity index (χ1) is 8.22. The molecule has 1 aromatic heterocycles. The zero-order chi connectivity index (χ0) is 12.3. The highest BCUT2D eigenvalue weighted by atomic mass is 16.1. The summed E-state index contributed by atoms with van der Waals surface area (Å²) in [6.45, 7) is 3.73. The quantitative estimate of drug-likeness (QED) is 0.861. The largest absolute Gasteiger partial charge is 0.319 e. The number of benzene rings is 1.